The minimum Gasteiger partial charge on any atom is -0.481 e. The van der Waals surface area contributed by atoms with Gasteiger partial charge in [0.2, 0.25) is 11.8 Å². The maximum Gasteiger partial charge on any atom is 0.303 e. The lowest BCUT2D eigenvalue weighted by atomic mass is 10.1. The summed E-state index contributed by atoms with van der Waals surface area (Å²) in [7, 11) is 0. The molecule has 0 atom stereocenters. The molecule has 0 saturated heterocycles. The van der Waals surface area contributed by atoms with E-state index in [2.05, 4.69) is 17.6 Å². The average Bonchev–Trinajstić information content (AvgIpc) is 2.52. The Hall–Kier alpha value is -2.02. The quantitative estimate of drug-likeness (QED) is 0.566. The number of hydrogen-bond acceptors (Lipinski definition) is 4. The van der Waals surface area contributed by atoms with E-state index >= 15 is 0 Å². The summed E-state index contributed by atoms with van der Waals surface area (Å²) in [5.41, 5.74) is 1.95. The molecule has 0 unspecified atom stereocenters. The van der Waals surface area contributed by atoms with Crippen LogP contribution in [-0.4, -0.2) is 40.9 Å². The molecule has 0 aliphatic heterocycles. The molecule has 1 aromatic rings. The van der Waals surface area contributed by atoms with Crippen molar-refractivity contribution in [1.82, 2.24) is 5.32 Å². The highest BCUT2D eigenvalue weighted by atomic mass is 32.2. The van der Waals surface area contributed by atoms with Gasteiger partial charge >= 0.3 is 5.97 Å². The van der Waals surface area contributed by atoms with E-state index < -0.39 is 5.97 Å². The summed E-state index contributed by atoms with van der Waals surface area (Å²) in [5, 5.41) is 13.9. The Labute approximate surface area is 140 Å². The van der Waals surface area contributed by atoms with E-state index in [1.54, 1.807) is 0 Å². The Kier molecular flexibility index (Phi) is 8.82. The van der Waals surface area contributed by atoms with Crippen LogP contribution in [0.25, 0.3) is 0 Å². The lowest BCUT2D eigenvalue weighted by Crippen LogP contribution is -2.27. The zero-order valence-corrected chi connectivity index (χ0v) is 13.9. The fourth-order valence-electron chi connectivity index (χ4n) is 1.78. The standard InChI is InChI=1S/C16H22N2O4S/c1-2-12-5-7-13(8-6-12)18-15(20)11-23-10-14(19)17-9-3-4-16(21)22/h5-8H,2-4,9-11H2,1H3,(H,17,19)(H,18,20)(H,21,22). The van der Waals surface area contributed by atoms with Crippen molar-refractivity contribution >= 4 is 35.2 Å². The number of nitrogens with one attached hydrogen (secondary N) is 2. The number of carbonyl (C=O) groups excluding carboxylic acids is 2. The highest BCUT2D eigenvalue weighted by molar-refractivity contribution is 8.00. The van der Waals surface area contributed by atoms with Crippen LogP contribution >= 0.6 is 11.8 Å². The number of carbonyl (C=O) groups is 3. The van der Waals surface area contributed by atoms with E-state index in [4.69, 9.17) is 5.11 Å². The molecule has 1 rings (SSSR count). The van der Waals surface area contributed by atoms with Gasteiger partial charge in [0.25, 0.3) is 0 Å². The van der Waals surface area contributed by atoms with Crippen LogP contribution in [0.1, 0.15) is 25.3 Å². The summed E-state index contributed by atoms with van der Waals surface area (Å²) in [6.07, 6.45) is 1.39. The Bertz CT molecular complexity index is 531. The van der Waals surface area contributed by atoms with Gasteiger partial charge in [0.05, 0.1) is 11.5 Å². The second-order valence-corrected chi connectivity index (χ2v) is 5.92. The summed E-state index contributed by atoms with van der Waals surface area (Å²) in [6.45, 7) is 2.40. The van der Waals surface area contributed by atoms with Crippen molar-refractivity contribution < 1.29 is 19.5 Å². The largest absolute Gasteiger partial charge is 0.481 e. The third-order valence-corrected chi connectivity index (χ3v) is 3.93. The van der Waals surface area contributed by atoms with Crippen molar-refractivity contribution in [2.45, 2.75) is 26.2 Å². The first-order chi connectivity index (χ1) is 11.0. The van der Waals surface area contributed by atoms with Crippen LogP contribution in [0.15, 0.2) is 24.3 Å². The zero-order valence-electron chi connectivity index (χ0n) is 13.1. The monoisotopic (exact) mass is 338 g/mol. The lowest BCUT2D eigenvalue weighted by Gasteiger charge is -2.06. The fraction of sp³-hybridized carbons (Fsp3) is 0.438. The highest BCUT2D eigenvalue weighted by Crippen LogP contribution is 2.10. The number of thioether (sulfide) groups is 1. The topological polar surface area (TPSA) is 95.5 Å². The fourth-order valence-corrected chi connectivity index (χ4v) is 2.42. The molecule has 0 heterocycles. The molecule has 0 saturated carbocycles. The van der Waals surface area contributed by atoms with Crippen LogP contribution in [0.5, 0.6) is 0 Å². The molecule has 0 fully saturated rings. The molecule has 0 radical (unpaired) electrons. The van der Waals surface area contributed by atoms with Crippen molar-refractivity contribution in [1.29, 1.82) is 0 Å². The van der Waals surface area contributed by atoms with Gasteiger partial charge in [0.15, 0.2) is 0 Å². The number of carboxylic acid groups (broad SMARTS) is 1. The van der Waals surface area contributed by atoms with Crippen molar-refractivity contribution in [3.05, 3.63) is 29.8 Å². The van der Waals surface area contributed by atoms with Gasteiger partial charge in [0.1, 0.15) is 0 Å². The first kappa shape index (κ1) is 19.0. The molecule has 6 nitrogen and oxygen atoms in total. The van der Waals surface area contributed by atoms with E-state index in [1.807, 2.05) is 24.3 Å². The van der Waals surface area contributed by atoms with Crippen LogP contribution < -0.4 is 10.6 Å². The smallest absolute Gasteiger partial charge is 0.303 e. The first-order valence-corrected chi connectivity index (χ1v) is 8.61. The van der Waals surface area contributed by atoms with Gasteiger partial charge in [0, 0.05) is 18.7 Å². The van der Waals surface area contributed by atoms with Crippen molar-refractivity contribution in [3.63, 3.8) is 0 Å². The average molecular weight is 338 g/mol. The van der Waals surface area contributed by atoms with E-state index in [1.165, 1.54) is 17.3 Å². The number of amides is 2. The highest BCUT2D eigenvalue weighted by Gasteiger charge is 2.06. The predicted molar refractivity (Wildman–Crippen MR) is 91.7 cm³/mol. The van der Waals surface area contributed by atoms with E-state index in [-0.39, 0.29) is 29.7 Å². The molecule has 2 amide bonds. The number of hydrogen-bond donors (Lipinski definition) is 3. The van der Waals surface area contributed by atoms with Crippen LogP contribution in [-0.2, 0) is 20.8 Å². The normalized spacial score (nSPS) is 10.1. The van der Waals surface area contributed by atoms with Crippen LogP contribution in [0, 0.1) is 0 Å². The van der Waals surface area contributed by atoms with Gasteiger partial charge in [-0.3, -0.25) is 14.4 Å². The maximum atomic E-state index is 11.8. The Balaban J connectivity index is 2.15. The number of anilines is 1. The second kappa shape index (κ2) is 10.7. The molecular weight excluding hydrogens is 316 g/mol. The molecule has 0 aliphatic carbocycles. The number of rotatable bonds is 10. The van der Waals surface area contributed by atoms with Gasteiger partial charge in [-0.2, -0.15) is 0 Å². The van der Waals surface area contributed by atoms with Crippen molar-refractivity contribution in [3.8, 4) is 0 Å². The minimum absolute atomic E-state index is 0.0344. The molecule has 1 aromatic carbocycles. The Morgan fingerprint density at radius 2 is 1.74 bits per heavy atom. The van der Waals surface area contributed by atoms with E-state index in [0.717, 1.165) is 12.1 Å². The second-order valence-electron chi connectivity index (χ2n) is 4.94. The lowest BCUT2D eigenvalue weighted by molar-refractivity contribution is -0.137. The third kappa shape index (κ3) is 8.87. The van der Waals surface area contributed by atoms with Gasteiger partial charge in [-0.25, -0.2) is 0 Å². The molecule has 23 heavy (non-hydrogen) atoms. The molecule has 0 aliphatic rings. The van der Waals surface area contributed by atoms with Gasteiger partial charge in [-0.15, -0.1) is 11.8 Å². The van der Waals surface area contributed by atoms with Crippen LogP contribution in [0.3, 0.4) is 0 Å². The minimum atomic E-state index is -0.878. The Morgan fingerprint density at radius 3 is 2.35 bits per heavy atom. The summed E-state index contributed by atoms with van der Waals surface area (Å²) in [5.74, 6) is -0.858. The summed E-state index contributed by atoms with van der Waals surface area (Å²) in [4.78, 5) is 33.6. The molecule has 0 bridgehead atoms. The van der Waals surface area contributed by atoms with E-state index in [0.29, 0.717) is 13.0 Å². The predicted octanol–water partition coefficient (Wildman–Crippen LogP) is 1.90. The summed E-state index contributed by atoms with van der Waals surface area (Å²) in [6, 6.07) is 7.65. The molecular formula is C16H22N2O4S. The number of benzene rings is 1. The molecule has 7 heteroatoms. The van der Waals surface area contributed by atoms with Crippen LogP contribution in [0.2, 0.25) is 0 Å². The molecule has 0 aromatic heterocycles. The molecule has 0 spiro atoms. The van der Waals surface area contributed by atoms with E-state index in [9.17, 15) is 14.4 Å². The maximum absolute atomic E-state index is 11.8. The van der Waals surface area contributed by atoms with Crippen molar-refractivity contribution in [2.24, 2.45) is 0 Å². The first-order valence-electron chi connectivity index (χ1n) is 7.46. The van der Waals surface area contributed by atoms with Crippen molar-refractivity contribution in [2.75, 3.05) is 23.4 Å². The van der Waals surface area contributed by atoms with Gasteiger partial charge < -0.3 is 15.7 Å². The number of carboxylic acids is 1. The summed E-state index contributed by atoms with van der Waals surface area (Å²) < 4.78 is 0. The number of aliphatic carboxylic acids is 1. The Morgan fingerprint density at radius 1 is 1.09 bits per heavy atom. The van der Waals surface area contributed by atoms with Gasteiger partial charge in [-0.1, -0.05) is 19.1 Å². The SMILES string of the molecule is CCc1ccc(NC(=O)CSCC(=O)NCCCC(=O)O)cc1. The zero-order chi connectivity index (χ0) is 17.1. The van der Waals surface area contributed by atoms with Gasteiger partial charge in [-0.05, 0) is 30.5 Å². The molecule has 3 N–H and O–H groups in total. The number of aryl methyl sites for hydroxylation is 1. The molecule has 126 valence electrons. The third-order valence-electron chi connectivity index (χ3n) is 3.00. The van der Waals surface area contributed by atoms with Crippen LogP contribution in [0.4, 0.5) is 5.69 Å². The summed E-state index contributed by atoms with van der Waals surface area (Å²) >= 11 is 1.22.